The van der Waals surface area contributed by atoms with E-state index in [0.29, 0.717) is 6.10 Å². The quantitative estimate of drug-likeness (QED) is 0.773. The fourth-order valence-corrected chi connectivity index (χ4v) is 2.82. The predicted molar refractivity (Wildman–Crippen MR) is 80.5 cm³/mol. The Morgan fingerprint density at radius 2 is 2.00 bits per heavy atom. The molecule has 0 heterocycles. The molecule has 1 N–H and O–H groups in total. The molecule has 2 atom stereocenters. The minimum atomic E-state index is 0.194. The van der Waals surface area contributed by atoms with Gasteiger partial charge in [0.1, 0.15) is 0 Å². The number of methoxy groups -OCH3 is 1. The molecule has 19 heavy (non-hydrogen) atoms. The zero-order valence-corrected chi connectivity index (χ0v) is 12.5. The second kappa shape index (κ2) is 6.53. The van der Waals surface area contributed by atoms with E-state index in [1.54, 1.807) is 0 Å². The van der Waals surface area contributed by atoms with Crippen LogP contribution in [0.4, 0.5) is 0 Å². The van der Waals surface area contributed by atoms with Gasteiger partial charge in [0.25, 0.3) is 0 Å². The molecule has 1 fully saturated rings. The molecule has 1 aromatic carbocycles. The number of hydrogen-bond acceptors (Lipinski definition) is 2. The Morgan fingerprint density at radius 3 is 2.53 bits per heavy atom. The molecule has 0 radical (unpaired) electrons. The van der Waals surface area contributed by atoms with Gasteiger partial charge in [0, 0.05) is 25.1 Å². The zero-order chi connectivity index (χ0) is 13.7. The second-order valence-electron chi connectivity index (χ2n) is 5.91. The van der Waals surface area contributed by atoms with Crippen LogP contribution in [0.25, 0.3) is 0 Å². The van der Waals surface area contributed by atoms with Crippen LogP contribution in [0.5, 0.6) is 0 Å². The predicted octanol–water partition coefficient (Wildman–Crippen LogP) is 3.51. The van der Waals surface area contributed by atoms with Crippen LogP contribution in [-0.4, -0.2) is 25.8 Å². The van der Waals surface area contributed by atoms with E-state index in [-0.39, 0.29) is 5.41 Å². The summed E-state index contributed by atoms with van der Waals surface area (Å²) in [5, 5.41) is 3.72. The molecular formula is C17H27NO. The maximum Gasteiger partial charge on any atom is 0.0552 e. The first-order valence-corrected chi connectivity index (χ1v) is 7.52. The third-order valence-electron chi connectivity index (χ3n) is 4.45. The molecule has 2 nitrogen and oxygen atoms in total. The highest BCUT2D eigenvalue weighted by Gasteiger charge is 2.34. The van der Waals surface area contributed by atoms with Crippen molar-refractivity contribution in [2.24, 2.45) is 0 Å². The molecule has 1 aliphatic carbocycles. The molecule has 0 amide bonds. The monoisotopic (exact) mass is 261 g/mol. The van der Waals surface area contributed by atoms with Crippen molar-refractivity contribution in [1.82, 2.24) is 5.32 Å². The normalized spacial score (nSPS) is 19.9. The maximum atomic E-state index is 5.52. The highest BCUT2D eigenvalue weighted by Crippen LogP contribution is 2.34. The van der Waals surface area contributed by atoms with E-state index in [0.717, 1.165) is 25.4 Å². The minimum Gasteiger partial charge on any atom is -0.382 e. The summed E-state index contributed by atoms with van der Waals surface area (Å²) in [7, 11) is 1.81. The van der Waals surface area contributed by atoms with E-state index >= 15 is 0 Å². The molecular weight excluding hydrogens is 234 g/mol. The summed E-state index contributed by atoms with van der Waals surface area (Å²) in [6.45, 7) is 5.53. The van der Waals surface area contributed by atoms with Crippen LogP contribution >= 0.6 is 0 Å². The molecule has 0 saturated heterocycles. The van der Waals surface area contributed by atoms with E-state index in [4.69, 9.17) is 4.74 Å². The highest BCUT2D eigenvalue weighted by molar-refractivity contribution is 5.26. The molecule has 0 aliphatic heterocycles. The number of hydrogen-bond donors (Lipinski definition) is 1. The van der Waals surface area contributed by atoms with Crippen molar-refractivity contribution in [3.8, 4) is 0 Å². The van der Waals surface area contributed by atoms with E-state index in [2.05, 4.69) is 49.5 Å². The van der Waals surface area contributed by atoms with Gasteiger partial charge < -0.3 is 10.1 Å². The molecule has 0 spiro atoms. The molecule has 106 valence electrons. The van der Waals surface area contributed by atoms with Crippen molar-refractivity contribution < 1.29 is 4.74 Å². The summed E-state index contributed by atoms with van der Waals surface area (Å²) in [4.78, 5) is 0. The van der Waals surface area contributed by atoms with Gasteiger partial charge >= 0.3 is 0 Å². The smallest absolute Gasteiger partial charge is 0.0552 e. The van der Waals surface area contributed by atoms with Crippen LogP contribution in [0.3, 0.4) is 0 Å². The molecule has 1 aliphatic rings. The van der Waals surface area contributed by atoms with Gasteiger partial charge in [-0.15, -0.1) is 0 Å². The Kier molecular flexibility index (Phi) is 5.00. The van der Waals surface area contributed by atoms with Gasteiger partial charge in [-0.05, 0) is 38.2 Å². The minimum absolute atomic E-state index is 0.194. The van der Waals surface area contributed by atoms with Gasteiger partial charge in [-0.1, -0.05) is 37.3 Å². The Morgan fingerprint density at radius 1 is 1.32 bits per heavy atom. The fourth-order valence-electron chi connectivity index (χ4n) is 2.82. The molecule has 2 unspecified atom stereocenters. The fraction of sp³-hybridized carbons (Fsp3) is 0.647. The highest BCUT2D eigenvalue weighted by atomic mass is 16.5. The van der Waals surface area contributed by atoms with Gasteiger partial charge in [0.15, 0.2) is 0 Å². The van der Waals surface area contributed by atoms with Crippen molar-refractivity contribution in [3.05, 3.63) is 35.9 Å². The number of benzene rings is 1. The van der Waals surface area contributed by atoms with Gasteiger partial charge in [-0.2, -0.15) is 0 Å². The average molecular weight is 261 g/mol. The lowest BCUT2D eigenvalue weighted by atomic mass is 9.74. The summed E-state index contributed by atoms with van der Waals surface area (Å²) in [6, 6.07) is 11.7. The van der Waals surface area contributed by atoms with Gasteiger partial charge in [0.2, 0.25) is 0 Å². The van der Waals surface area contributed by atoms with E-state index in [1.165, 1.54) is 18.4 Å². The second-order valence-corrected chi connectivity index (χ2v) is 5.91. The SMILES string of the molecule is CCC(CNC1CC1)(CC(C)OC)c1ccccc1. The number of nitrogens with one attached hydrogen (secondary N) is 1. The molecule has 1 saturated carbocycles. The topological polar surface area (TPSA) is 21.3 Å². The van der Waals surface area contributed by atoms with Crippen LogP contribution in [0.2, 0.25) is 0 Å². The first-order valence-electron chi connectivity index (χ1n) is 7.52. The molecule has 2 rings (SSSR count). The largest absolute Gasteiger partial charge is 0.382 e. The van der Waals surface area contributed by atoms with Gasteiger partial charge in [-0.3, -0.25) is 0 Å². The Bertz CT molecular complexity index is 374. The van der Waals surface area contributed by atoms with Crippen LogP contribution in [0, 0.1) is 0 Å². The third-order valence-corrected chi connectivity index (χ3v) is 4.45. The first-order chi connectivity index (χ1) is 9.20. The maximum absolute atomic E-state index is 5.52. The Hall–Kier alpha value is -0.860. The Labute approximate surface area is 117 Å². The van der Waals surface area contributed by atoms with Crippen LogP contribution in [0.15, 0.2) is 30.3 Å². The van der Waals surface area contributed by atoms with E-state index in [1.807, 2.05) is 7.11 Å². The van der Waals surface area contributed by atoms with Crippen molar-refractivity contribution in [2.45, 2.75) is 57.1 Å². The molecule has 2 heteroatoms. The summed E-state index contributed by atoms with van der Waals surface area (Å²) in [5.41, 5.74) is 1.63. The number of rotatable bonds is 8. The summed E-state index contributed by atoms with van der Waals surface area (Å²) >= 11 is 0. The summed E-state index contributed by atoms with van der Waals surface area (Å²) in [5.74, 6) is 0. The van der Waals surface area contributed by atoms with Crippen LogP contribution in [-0.2, 0) is 10.2 Å². The van der Waals surface area contributed by atoms with Crippen molar-refractivity contribution >= 4 is 0 Å². The summed E-state index contributed by atoms with van der Waals surface area (Å²) in [6.07, 6.45) is 5.19. The van der Waals surface area contributed by atoms with Crippen LogP contribution in [0.1, 0.15) is 45.1 Å². The lowest BCUT2D eigenvalue weighted by Crippen LogP contribution is -2.41. The zero-order valence-electron chi connectivity index (χ0n) is 12.5. The van der Waals surface area contributed by atoms with Gasteiger partial charge in [0.05, 0.1) is 6.10 Å². The van der Waals surface area contributed by atoms with Gasteiger partial charge in [-0.25, -0.2) is 0 Å². The first kappa shape index (κ1) is 14.5. The van der Waals surface area contributed by atoms with Crippen LogP contribution < -0.4 is 5.32 Å². The molecule has 0 bridgehead atoms. The number of ether oxygens (including phenoxy) is 1. The van der Waals surface area contributed by atoms with Crippen molar-refractivity contribution in [1.29, 1.82) is 0 Å². The Balaban J connectivity index is 2.17. The standard InChI is InChI=1S/C17H27NO/c1-4-17(12-14(2)19-3,13-18-16-10-11-16)15-8-6-5-7-9-15/h5-9,14,16,18H,4,10-13H2,1-3H3. The third kappa shape index (κ3) is 3.80. The van der Waals surface area contributed by atoms with E-state index < -0.39 is 0 Å². The summed E-state index contributed by atoms with van der Waals surface area (Å²) < 4.78 is 5.52. The molecule has 1 aromatic rings. The average Bonchev–Trinajstić information content (AvgIpc) is 3.28. The van der Waals surface area contributed by atoms with E-state index in [9.17, 15) is 0 Å². The molecule has 0 aromatic heterocycles. The lowest BCUT2D eigenvalue weighted by molar-refractivity contribution is 0.0845. The lowest BCUT2D eigenvalue weighted by Gasteiger charge is -2.36. The van der Waals surface area contributed by atoms with Crippen molar-refractivity contribution in [2.75, 3.05) is 13.7 Å². The van der Waals surface area contributed by atoms with Crippen molar-refractivity contribution in [3.63, 3.8) is 0 Å².